The van der Waals surface area contributed by atoms with Crippen molar-refractivity contribution in [3.05, 3.63) is 51.0 Å². The number of benzene rings is 1. The van der Waals surface area contributed by atoms with Gasteiger partial charge in [0.1, 0.15) is 16.5 Å². The highest BCUT2D eigenvalue weighted by molar-refractivity contribution is 7.17. The van der Waals surface area contributed by atoms with E-state index in [1.54, 1.807) is 38.1 Å². The summed E-state index contributed by atoms with van der Waals surface area (Å²) in [6.07, 6.45) is 1.44. The summed E-state index contributed by atoms with van der Waals surface area (Å²) in [4.78, 5) is 28.5. The van der Waals surface area contributed by atoms with Crippen molar-refractivity contribution in [1.82, 2.24) is 4.98 Å². The largest absolute Gasteiger partial charge is 0.462 e. The highest BCUT2D eigenvalue weighted by atomic mass is 35.5. The maximum absolute atomic E-state index is 12.3. The van der Waals surface area contributed by atoms with Crippen LogP contribution in [0.25, 0.3) is 6.08 Å². The van der Waals surface area contributed by atoms with Crippen molar-refractivity contribution in [2.45, 2.75) is 13.8 Å². The Morgan fingerprint density at radius 1 is 1.40 bits per heavy atom. The average molecular weight is 376 g/mol. The third-order valence-corrected chi connectivity index (χ3v) is 4.33. The Morgan fingerprint density at radius 3 is 2.68 bits per heavy atom. The Morgan fingerprint density at radius 2 is 2.08 bits per heavy atom. The van der Waals surface area contributed by atoms with Crippen LogP contribution in [0.1, 0.15) is 27.9 Å². The molecule has 0 radical (unpaired) electrons. The van der Waals surface area contributed by atoms with Crippen LogP contribution in [0, 0.1) is 18.3 Å². The molecule has 8 heteroatoms. The highest BCUT2D eigenvalue weighted by Gasteiger charge is 2.18. The van der Waals surface area contributed by atoms with E-state index in [9.17, 15) is 14.9 Å². The van der Waals surface area contributed by atoms with Crippen LogP contribution in [0.3, 0.4) is 0 Å². The average Bonchev–Trinajstić information content (AvgIpc) is 2.94. The Balaban J connectivity index is 2.17. The van der Waals surface area contributed by atoms with Crippen molar-refractivity contribution in [3.8, 4) is 6.07 Å². The molecule has 0 atom stereocenters. The van der Waals surface area contributed by atoms with Gasteiger partial charge in [0, 0.05) is 5.02 Å². The van der Waals surface area contributed by atoms with Gasteiger partial charge in [0.15, 0.2) is 5.13 Å². The SMILES string of the molecule is CCOC(=O)c1sc(NC(=O)/C(C#N)=C/c2ccc(Cl)cc2)nc1C. The molecule has 0 bridgehead atoms. The monoisotopic (exact) mass is 375 g/mol. The lowest BCUT2D eigenvalue weighted by molar-refractivity contribution is -0.112. The normalized spacial score (nSPS) is 10.9. The molecule has 0 fully saturated rings. The Hall–Kier alpha value is -2.69. The second kappa shape index (κ2) is 8.42. The zero-order valence-corrected chi connectivity index (χ0v) is 15.1. The van der Waals surface area contributed by atoms with E-state index < -0.39 is 11.9 Å². The van der Waals surface area contributed by atoms with Crippen LogP contribution >= 0.6 is 22.9 Å². The number of hydrogen-bond donors (Lipinski definition) is 1. The van der Waals surface area contributed by atoms with Crippen LogP contribution in [-0.2, 0) is 9.53 Å². The minimum Gasteiger partial charge on any atom is -0.462 e. The molecule has 1 heterocycles. The fourth-order valence-electron chi connectivity index (χ4n) is 1.87. The molecule has 2 rings (SSSR count). The summed E-state index contributed by atoms with van der Waals surface area (Å²) in [5.74, 6) is -1.10. The number of anilines is 1. The molecular formula is C17H14ClN3O3S. The zero-order valence-electron chi connectivity index (χ0n) is 13.5. The smallest absolute Gasteiger partial charge is 0.350 e. The number of carbonyl (C=O) groups is 2. The maximum atomic E-state index is 12.3. The van der Waals surface area contributed by atoms with Gasteiger partial charge in [-0.1, -0.05) is 35.1 Å². The van der Waals surface area contributed by atoms with Crippen molar-refractivity contribution in [3.63, 3.8) is 0 Å². The maximum Gasteiger partial charge on any atom is 0.350 e. The van der Waals surface area contributed by atoms with Gasteiger partial charge in [-0.25, -0.2) is 9.78 Å². The number of aryl methyl sites for hydroxylation is 1. The van der Waals surface area contributed by atoms with Crippen molar-refractivity contribution < 1.29 is 14.3 Å². The number of halogens is 1. The van der Waals surface area contributed by atoms with Gasteiger partial charge in [-0.3, -0.25) is 10.1 Å². The van der Waals surface area contributed by atoms with Gasteiger partial charge in [0.25, 0.3) is 5.91 Å². The van der Waals surface area contributed by atoms with Gasteiger partial charge >= 0.3 is 5.97 Å². The standard InChI is InChI=1S/C17H14ClN3O3S/c1-3-24-16(23)14-10(2)20-17(25-14)21-15(22)12(9-19)8-11-4-6-13(18)7-5-11/h4-8H,3H2,1-2H3,(H,20,21,22)/b12-8+. The minimum absolute atomic E-state index is 0.0899. The predicted octanol–water partition coefficient (Wildman–Crippen LogP) is 3.83. The molecule has 0 spiro atoms. The Kier molecular flexibility index (Phi) is 6.28. The molecule has 0 aliphatic heterocycles. The number of ether oxygens (including phenoxy) is 1. The quantitative estimate of drug-likeness (QED) is 0.487. The molecule has 0 saturated carbocycles. The molecule has 1 N–H and O–H groups in total. The minimum atomic E-state index is -0.610. The first-order valence-electron chi connectivity index (χ1n) is 7.27. The number of nitrogens with zero attached hydrogens (tertiary/aromatic N) is 2. The molecule has 2 aromatic rings. The molecule has 0 unspecified atom stereocenters. The summed E-state index contributed by atoms with van der Waals surface area (Å²) < 4.78 is 4.93. The number of nitriles is 1. The fraction of sp³-hybridized carbons (Fsp3) is 0.176. The number of hydrogen-bond acceptors (Lipinski definition) is 6. The molecule has 1 amide bonds. The van der Waals surface area contributed by atoms with E-state index in [2.05, 4.69) is 10.3 Å². The van der Waals surface area contributed by atoms with Crippen molar-refractivity contribution in [2.24, 2.45) is 0 Å². The first kappa shape index (κ1) is 18.6. The van der Waals surface area contributed by atoms with Crippen molar-refractivity contribution in [2.75, 3.05) is 11.9 Å². The van der Waals surface area contributed by atoms with E-state index >= 15 is 0 Å². The van der Waals surface area contributed by atoms with Crippen LogP contribution in [0.15, 0.2) is 29.8 Å². The highest BCUT2D eigenvalue weighted by Crippen LogP contribution is 2.24. The fourth-order valence-corrected chi connectivity index (χ4v) is 2.86. The van der Waals surface area contributed by atoms with E-state index in [0.29, 0.717) is 21.2 Å². The van der Waals surface area contributed by atoms with Gasteiger partial charge < -0.3 is 4.74 Å². The number of amides is 1. The summed E-state index contributed by atoms with van der Waals surface area (Å²) in [5.41, 5.74) is 1.03. The number of aromatic nitrogens is 1. The number of nitrogens with one attached hydrogen (secondary N) is 1. The molecule has 25 heavy (non-hydrogen) atoms. The first-order valence-corrected chi connectivity index (χ1v) is 8.47. The first-order chi connectivity index (χ1) is 11.9. The number of carbonyl (C=O) groups excluding carboxylic acids is 2. The second-order valence-corrected chi connectivity index (χ2v) is 6.27. The van der Waals surface area contributed by atoms with Crippen LogP contribution in [0.5, 0.6) is 0 Å². The van der Waals surface area contributed by atoms with Crippen molar-refractivity contribution in [1.29, 1.82) is 5.26 Å². The summed E-state index contributed by atoms with van der Waals surface area (Å²) in [7, 11) is 0. The molecule has 1 aromatic carbocycles. The van der Waals surface area contributed by atoms with Gasteiger partial charge in [-0.15, -0.1) is 0 Å². The van der Waals surface area contributed by atoms with Gasteiger partial charge in [-0.05, 0) is 37.6 Å². The Bertz CT molecular complexity index is 866. The molecule has 6 nitrogen and oxygen atoms in total. The lowest BCUT2D eigenvalue weighted by Crippen LogP contribution is -2.13. The third-order valence-electron chi connectivity index (χ3n) is 3.02. The Labute approximate surface area is 153 Å². The molecule has 1 aromatic heterocycles. The summed E-state index contributed by atoms with van der Waals surface area (Å²) in [6, 6.07) is 8.56. The zero-order chi connectivity index (χ0) is 18.4. The number of esters is 1. The van der Waals surface area contributed by atoms with Gasteiger partial charge in [-0.2, -0.15) is 5.26 Å². The van der Waals surface area contributed by atoms with E-state index in [1.165, 1.54) is 6.08 Å². The lowest BCUT2D eigenvalue weighted by atomic mass is 10.1. The van der Waals surface area contributed by atoms with Crippen LogP contribution < -0.4 is 5.32 Å². The third kappa shape index (κ3) is 4.89. The van der Waals surface area contributed by atoms with Crippen LogP contribution in [0.2, 0.25) is 5.02 Å². The number of rotatable bonds is 5. The second-order valence-electron chi connectivity index (χ2n) is 4.83. The molecule has 0 aliphatic carbocycles. The van der Waals surface area contributed by atoms with Crippen LogP contribution in [0.4, 0.5) is 5.13 Å². The molecule has 0 saturated heterocycles. The lowest BCUT2D eigenvalue weighted by Gasteiger charge is -2.00. The number of thiazole rings is 1. The van der Waals surface area contributed by atoms with Gasteiger partial charge in [0.2, 0.25) is 0 Å². The van der Waals surface area contributed by atoms with E-state index in [0.717, 1.165) is 11.3 Å². The predicted molar refractivity (Wildman–Crippen MR) is 96.5 cm³/mol. The van der Waals surface area contributed by atoms with Crippen LogP contribution in [-0.4, -0.2) is 23.5 Å². The molecular weight excluding hydrogens is 362 g/mol. The van der Waals surface area contributed by atoms with Gasteiger partial charge in [0.05, 0.1) is 12.3 Å². The summed E-state index contributed by atoms with van der Waals surface area (Å²) in [6.45, 7) is 3.60. The molecule has 128 valence electrons. The van der Waals surface area contributed by atoms with Crippen molar-refractivity contribution >= 4 is 46.0 Å². The van der Waals surface area contributed by atoms with E-state index in [4.69, 9.17) is 16.3 Å². The topological polar surface area (TPSA) is 92.1 Å². The summed E-state index contributed by atoms with van der Waals surface area (Å²) >= 11 is 6.81. The molecule has 0 aliphatic rings. The van der Waals surface area contributed by atoms with E-state index in [-0.39, 0.29) is 17.3 Å². The van der Waals surface area contributed by atoms with E-state index in [1.807, 2.05) is 6.07 Å². The summed E-state index contributed by atoms with van der Waals surface area (Å²) in [5, 5.41) is 12.5.